The van der Waals surface area contributed by atoms with Gasteiger partial charge in [0.15, 0.2) is 0 Å². The molecule has 1 saturated carbocycles. The molecule has 3 aromatic rings. The highest BCUT2D eigenvalue weighted by Gasteiger charge is 2.38. The predicted molar refractivity (Wildman–Crippen MR) is 115 cm³/mol. The number of carboxylic acids is 1. The van der Waals surface area contributed by atoms with Crippen molar-refractivity contribution in [1.82, 2.24) is 19.9 Å². The fourth-order valence-corrected chi connectivity index (χ4v) is 5.16. The lowest BCUT2D eigenvalue weighted by Gasteiger charge is -2.46. The van der Waals surface area contributed by atoms with Gasteiger partial charge in [0, 0.05) is 37.5 Å². The molecule has 1 aliphatic carbocycles. The largest absolute Gasteiger partial charge is 0.481 e. The second kappa shape index (κ2) is 7.70. The number of imidazole rings is 1. The van der Waals surface area contributed by atoms with Crippen molar-refractivity contribution in [2.75, 3.05) is 18.0 Å². The number of piperidine rings is 1. The Morgan fingerprint density at radius 2 is 1.93 bits per heavy atom. The fraction of sp³-hybridized carbons (Fsp3) is 0.478. The number of aromatic amines is 1. The van der Waals surface area contributed by atoms with Crippen LogP contribution in [0.25, 0.3) is 22.4 Å². The van der Waals surface area contributed by atoms with Crippen molar-refractivity contribution in [2.24, 2.45) is 11.3 Å². The van der Waals surface area contributed by atoms with Crippen molar-refractivity contribution in [3.8, 4) is 11.4 Å². The van der Waals surface area contributed by atoms with Gasteiger partial charge in [-0.2, -0.15) is 0 Å². The highest BCUT2D eigenvalue weighted by atomic mass is 16.4. The van der Waals surface area contributed by atoms with Crippen LogP contribution in [0.3, 0.4) is 0 Å². The van der Waals surface area contributed by atoms with E-state index in [0.717, 1.165) is 54.2 Å². The van der Waals surface area contributed by atoms with Crippen molar-refractivity contribution < 1.29 is 9.90 Å². The number of H-pyrrole nitrogens is 1. The fourth-order valence-electron chi connectivity index (χ4n) is 5.16. The molecule has 0 radical (unpaired) electrons. The first-order valence-electron chi connectivity index (χ1n) is 10.8. The Morgan fingerprint density at radius 1 is 1.13 bits per heavy atom. The molecule has 0 atom stereocenters. The van der Waals surface area contributed by atoms with Crippen LogP contribution in [0.2, 0.25) is 0 Å². The summed E-state index contributed by atoms with van der Waals surface area (Å²) in [4.78, 5) is 30.1. The second-order valence-corrected chi connectivity index (χ2v) is 8.91. The van der Waals surface area contributed by atoms with E-state index >= 15 is 0 Å². The SMILES string of the molecule is O=C(O)CC1CCC2(CC1)CCN(c1ccc(-c3nc4ccncc4[nH]3)cn1)CC2. The van der Waals surface area contributed by atoms with Crippen molar-refractivity contribution in [1.29, 1.82) is 0 Å². The van der Waals surface area contributed by atoms with Crippen molar-refractivity contribution in [3.05, 3.63) is 36.8 Å². The highest BCUT2D eigenvalue weighted by Crippen LogP contribution is 2.47. The Morgan fingerprint density at radius 3 is 2.60 bits per heavy atom. The maximum absolute atomic E-state index is 11.0. The summed E-state index contributed by atoms with van der Waals surface area (Å²) in [6.07, 6.45) is 12.6. The molecule has 4 heterocycles. The van der Waals surface area contributed by atoms with Crippen LogP contribution >= 0.6 is 0 Å². The van der Waals surface area contributed by atoms with E-state index in [1.54, 1.807) is 12.4 Å². The number of aromatic nitrogens is 4. The Labute approximate surface area is 175 Å². The molecule has 156 valence electrons. The van der Waals surface area contributed by atoms with Crippen molar-refractivity contribution >= 4 is 22.8 Å². The molecule has 7 heteroatoms. The lowest BCUT2D eigenvalue weighted by Crippen LogP contribution is -2.42. The van der Waals surface area contributed by atoms with Crippen LogP contribution in [0.5, 0.6) is 0 Å². The van der Waals surface area contributed by atoms with E-state index in [1.165, 1.54) is 25.7 Å². The number of carboxylic acid groups (broad SMARTS) is 1. The second-order valence-electron chi connectivity index (χ2n) is 8.91. The van der Waals surface area contributed by atoms with Crippen molar-refractivity contribution in [2.45, 2.75) is 44.9 Å². The third kappa shape index (κ3) is 3.76. The number of anilines is 1. The summed E-state index contributed by atoms with van der Waals surface area (Å²) in [5.74, 6) is 1.55. The number of aliphatic carboxylic acids is 1. The number of carbonyl (C=O) groups is 1. The summed E-state index contributed by atoms with van der Waals surface area (Å²) in [7, 11) is 0. The maximum Gasteiger partial charge on any atom is 0.303 e. The number of hydrogen-bond donors (Lipinski definition) is 2. The lowest BCUT2D eigenvalue weighted by molar-refractivity contribution is -0.138. The van der Waals surface area contributed by atoms with Crippen molar-refractivity contribution in [3.63, 3.8) is 0 Å². The van der Waals surface area contributed by atoms with Gasteiger partial charge < -0.3 is 15.0 Å². The van der Waals surface area contributed by atoms with E-state index < -0.39 is 5.97 Å². The molecule has 0 amide bonds. The first kappa shape index (κ1) is 19.0. The molecule has 7 nitrogen and oxygen atoms in total. The first-order chi connectivity index (χ1) is 14.6. The smallest absolute Gasteiger partial charge is 0.303 e. The summed E-state index contributed by atoms with van der Waals surface area (Å²) in [5.41, 5.74) is 3.22. The third-order valence-electron chi connectivity index (χ3n) is 7.08. The van der Waals surface area contributed by atoms with E-state index in [2.05, 4.69) is 32.0 Å². The molecule has 1 aliphatic heterocycles. The Kier molecular flexibility index (Phi) is 4.89. The van der Waals surface area contributed by atoms with Gasteiger partial charge >= 0.3 is 5.97 Å². The van der Waals surface area contributed by atoms with E-state index in [0.29, 0.717) is 17.8 Å². The number of fused-ring (bicyclic) bond motifs is 1. The lowest BCUT2D eigenvalue weighted by atomic mass is 9.65. The van der Waals surface area contributed by atoms with Crippen LogP contribution < -0.4 is 4.90 Å². The van der Waals surface area contributed by atoms with Gasteiger partial charge in [-0.25, -0.2) is 9.97 Å². The molecular formula is C23H27N5O2. The van der Waals surface area contributed by atoms with Crippen LogP contribution in [-0.2, 0) is 4.79 Å². The summed E-state index contributed by atoms with van der Waals surface area (Å²) in [6, 6.07) is 6.06. The van der Waals surface area contributed by atoms with Gasteiger partial charge in [0.05, 0.1) is 17.2 Å². The van der Waals surface area contributed by atoms with Crippen LogP contribution in [-0.4, -0.2) is 44.1 Å². The van der Waals surface area contributed by atoms with E-state index in [-0.39, 0.29) is 0 Å². The van der Waals surface area contributed by atoms with E-state index in [1.807, 2.05) is 12.3 Å². The Balaban J connectivity index is 1.21. The van der Waals surface area contributed by atoms with Gasteiger partial charge in [0.2, 0.25) is 0 Å². The zero-order valence-electron chi connectivity index (χ0n) is 17.0. The van der Waals surface area contributed by atoms with Crippen LogP contribution in [0, 0.1) is 11.3 Å². The summed E-state index contributed by atoms with van der Waals surface area (Å²) < 4.78 is 0. The molecule has 5 rings (SSSR count). The minimum atomic E-state index is -0.653. The summed E-state index contributed by atoms with van der Waals surface area (Å²) in [6.45, 7) is 2.04. The normalized spacial score (nSPS) is 19.4. The molecular weight excluding hydrogens is 378 g/mol. The molecule has 1 spiro atoms. The number of rotatable bonds is 4. The topological polar surface area (TPSA) is 95.0 Å². The molecule has 0 aromatic carbocycles. The Hall–Kier alpha value is -2.96. The van der Waals surface area contributed by atoms with E-state index in [9.17, 15) is 4.79 Å². The minimum Gasteiger partial charge on any atom is -0.481 e. The molecule has 0 bridgehead atoms. The molecule has 0 unspecified atom stereocenters. The third-order valence-corrected chi connectivity index (χ3v) is 7.08. The molecule has 2 aliphatic rings. The molecule has 30 heavy (non-hydrogen) atoms. The van der Waals surface area contributed by atoms with Gasteiger partial charge in [-0.05, 0) is 68.1 Å². The zero-order valence-corrected chi connectivity index (χ0v) is 17.0. The average molecular weight is 406 g/mol. The maximum atomic E-state index is 11.0. The first-order valence-corrected chi connectivity index (χ1v) is 10.8. The number of hydrogen-bond acceptors (Lipinski definition) is 5. The molecule has 2 N–H and O–H groups in total. The number of pyridine rings is 2. The van der Waals surface area contributed by atoms with Gasteiger partial charge in [-0.1, -0.05) is 0 Å². The quantitative estimate of drug-likeness (QED) is 0.673. The number of nitrogens with one attached hydrogen (secondary N) is 1. The highest BCUT2D eigenvalue weighted by molar-refractivity contribution is 5.78. The summed E-state index contributed by atoms with van der Waals surface area (Å²) >= 11 is 0. The van der Waals surface area contributed by atoms with Gasteiger partial charge in [0.25, 0.3) is 0 Å². The molecule has 1 saturated heterocycles. The predicted octanol–water partition coefficient (Wildman–Crippen LogP) is 4.27. The monoisotopic (exact) mass is 405 g/mol. The van der Waals surface area contributed by atoms with Gasteiger partial charge in [-0.3, -0.25) is 9.78 Å². The molecule has 3 aromatic heterocycles. The van der Waals surface area contributed by atoms with Gasteiger partial charge in [0.1, 0.15) is 11.6 Å². The minimum absolute atomic E-state index is 0.334. The average Bonchev–Trinajstić information content (AvgIpc) is 3.20. The molecule has 2 fully saturated rings. The van der Waals surface area contributed by atoms with E-state index in [4.69, 9.17) is 10.1 Å². The zero-order chi connectivity index (χ0) is 20.6. The Bertz CT molecular complexity index is 994. The summed E-state index contributed by atoms with van der Waals surface area (Å²) in [5, 5.41) is 9.04. The van der Waals surface area contributed by atoms with Gasteiger partial charge in [-0.15, -0.1) is 0 Å². The van der Waals surface area contributed by atoms with Crippen LogP contribution in [0.15, 0.2) is 36.8 Å². The number of nitrogens with zero attached hydrogens (tertiary/aromatic N) is 4. The van der Waals surface area contributed by atoms with Crippen LogP contribution in [0.1, 0.15) is 44.9 Å². The van der Waals surface area contributed by atoms with Crippen LogP contribution in [0.4, 0.5) is 5.82 Å². The standard InChI is InChI=1S/C23H27N5O2/c29-21(30)13-16-3-6-23(7-4-16)8-11-28(12-9-23)20-2-1-17(14-25-20)22-26-18-5-10-24-15-19(18)27-22/h1-2,5,10,14-16H,3-4,6-9,11-13H2,(H,26,27)(H,29,30).